The average Bonchev–Trinajstić information content (AvgIpc) is 3.03. The number of urea groups is 1. The number of alkyl halides is 1. The van der Waals surface area contributed by atoms with E-state index in [-0.39, 0.29) is 27.9 Å². The highest BCUT2D eigenvalue weighted by molar-refractivity contribution is 9.10. The third-order valence-corrected chi connectivity index (χ3v) is 9.28. The molecule has 0 radical (unpaired) electrons. The summed E-state index contributed by atoms with van der Waals surface area (Å²) in [6.07, 6.45) is 16.7. The standard InChI is InChI=1S/C25H39BrN2O2/c1-3-25(11-5-4-6-12-25)27-22(30)28-15-13-24(14-16-28)18-19(9-17-29)20-8-7-10-23(2,26)21(20)24/h7-8,19,29H,3-6,9-18H2,1-2H3,(H,27,30). The Morgan fingerprint density at radius 3 is 2.57 bits per heavy atom. The Labute approximate surface area is 190 Å². The summed E-state index contributed by atoms with van der Waals surface area (Å²) in [6, 6.07) is 0.151. The van der Waals surface area contributed by atoms with Crippen LogP contribution < -0.4 is 5.32 Å². The van der Waals surface area contributed by atoms with Crippen molar-refractivity contribution in [3.63, 3.8) is 0 Å². The normalized spacial score (nSPS) is 32.4. The first kappa shape index (κ1) is 22.4. The number of aliphatic hydroxyl groups excluding tert-OH is 1. The van der Waals surface area contributed by atoms with E-state index in [2.05, 4.69) is 52.1 Å². The molecule has 3 aliphatic carbocycles. The predicted molar refractivity (Wildman–Crippen MR) is 126 cm³/mol. The van der Waals surface area contributed by atoms with Crippen LogP contribution in [0, 0.1) is 11.3 Å². The zero-order chi connectivity index (χ0) is 21.4. The van der Waals surface area contributed by atoms with Crippen LogP contribution in [0.5, 0.6) is 0 Å². The number of allylic oxidation sites excluding steroid dienone is 4. The summed E-state index contributed by atoms with van der Waals surface area (Å²) in [7, 11) is 0. The number of nitrogens with zero attached hydrogens (tertiary/aromatic N) is 1. The Morgan fingerprint density at radius 2 is 1.93 bits per heavy atom. The number of aliphatic hydroxyl groups is 1. The molecular weight excluding hydrogens is 440 g/mol. The van der Waals surface area contributed by atoms with Gasteiger partial charge in [-0.05, 0) is 80.8 Å². The van der Waals surface area contributed by atoms with Crippen LogP contribution in [-0.4, -0.2) is 45.6 Å². The predicted octanol–water partition coefficient (Wildman–Crippen LogP) is 5.70. The Morgan fingerprint density at radius 1 is 1.23 bits per heavy atom. The van der Waals surface area contributed by atoms with Gasteiger partial charge in [-0.3, -0.25) is 0 Å². The molecule has 1 saturated heterocycles. The van der Waals surface area contributed by atoms with E-state index in [1.54, 1.807) is 5.57 Å². The van der Waals surface area contributed by atoms with Gasteiger partial charge in [0.2, 0.25) is 0 Å². The minimum absolute atomic E-state index is 0.0000837. The van der Waals surface area contributed by atoms with E-state index in [1.807, 2.05) is 0 Å². The van der Waals surface area contributed by atoms with Gasteiger partial charge in [0.1, 0.15) is 0 Å². The van der Waals surface area contributed by atoms with Crippen molar-refractivity contribution in [1.29, 1.82) is 0 Å². The number of carbonyl (C=O) groups is 1. The van der Waals surface area contributed by atoms with Gasteiger partial charge in [0.25, 0.3) is 0 Å². The van der Waals surface area contributed by atoms with Crippen molar-refractivity contribution in [1.82, 2.24) is 10.2 Å². The maximum absolute atomic E-state index is 13.2. The second-order valence-corrected chi connectivity index (χ2v) is 12.2. The molecule has 2 atom stereocenters. The average molecular weight is 480 g/mol. The molecule has 0 aromatic carbocycles. The van der Waals surface area contributed by atoms with Crippen LogP contribution in [0.15, 0.2) is 23.3 Å². The number of hydrogen-bond donors (Lipinski definition) is 2. The molecule has 1 heterocycles. The Kier molecular flexibility index (Phi) is 6.43. The van der Waals surface area contributed by atoms with Gasteiger partial charge >= 0.3 is 6.03 Å². The number of amides is 2. The lowest BCUT2D eigenvalue weighted by Gasteiger charge is -2.47. The van der Waals surface area contributed by atoms with E-state index in [0.717, 1.165) is 64.5 Å². The van der Waals surface area contributed by atoms with E-state index in [0.29, 0.717) is 5.92 Å². The van der Waals surface area contributed by atoms with Gasteiger partial charge in [0.05, 0.1) is 0 Å². The molecule has 2 unspecified atom stereocenters. The van der Waals surface area contributed by atoms with Crippen LogP contribution in [0.3, 0.4) is 0 Å². The molecule has 2 amide bonds. The largest absolute Gasteiger partial charge is 0.396 e. The number of halogens is 1. The summed E-state index contributed by atoms with van der Waals surface area (Å²) in [6.45, 7) is 6.44. The van der Waals surface area contributed by atoms with E-state index in [1.165, 1.54) is 24.8 Å². The first-order valence-corrected chi connectivity index (χ1v) is 12.9. The molecule has 1 saturated carbocycles. The van der Waals surface area contributed by atoms with Gasteiger partial charge < -0.3 is 15.3 Å². The molecule has 4 aliphatic rings. The molecule has 1 aliphatic heterocycles. The maximum Gasteiger partial charge on any atom is 0.317 e. The van der Waals surface area contributed by atoms with Gasteiger partial charge in [-0.25, -0.2) is 4.79 Å². The lowest BCUT2D eigenvalue weighted by atomic mass is 9.67. The molecule has 4 nitrogen and oxygen atoms in total. The Bertz CT molecular complexity index is 713. The van der Waals surface area contributed by atoms with Gasteiger partial charge in [-0.2, -0.15) is 0 Å². The summed E-state index contributed by atoms with van der Waals surface area (Å²) in [5.74, 6) is 0.449. The van der Waals surface area contributed by atoms with Crippen molar-refractivity contribution < 1.29 is 9.90 Å². The van der Waals surface area contributed by atoms with Crippen molar-refractivity contribution in [2.24, 2.45) is 11.3 Å². The molecule has 0 aromatic heterocycles. The molecule has 2 fully saturated rings. The monoisotopic (exact) mass is 478 g/mol. The van der Waals surface area contributed by atoms with Crippen molar-refractivity contribution in [2.45, 2.75) is 94.3 Å². The van der Waals surface area contributed by atoms with Gasteiger partial charge in [-0.15, -0.1) is 0 Å². The maximum atomic E-state index is 13.2. The molecular formula is C25H39BrN2O2. The topological polar surface area (TPSA) is 52.6 Å². The fraction of sp³-hybridized carbons (Fsp3) is 0.800. The summed E-state index contributed by atoms with van der Waals surface area (Å²) in [5, 5.41) is 13.1. The first-order chi connectivity index (χ1) is 14.3. The second-order valence-electron chi connectivity index (χ2n) is 10.4. The number of fused-ring (bicyclic) bond motifs is 1. The van der Waals surface area contributed by atoms with E-state index >= 15 is 0 Å². The van der Waals surface area contributed by atoms with Crippen LogP contribution in [0.25, 0.3) is 0 Å². The highest BCUT2D eigenvalue weighted by Crippen LogP contribution is 2.60. The molecule has 4 rings (SSSR count). The van der Waals surface area contributed by atoms with Gasteiger partial charge in [-0.1, -0.05) is 54.3 Å². The minimum Gasteiger partial charge on any atom is -0.396 e. The van der Waals surface area contributed by atoms with Crippen molar-refractivity contribution in [2.75, 3.05) is 19.7 Å². The van der Waals surface area contributed by atoms with E-state index in [9.17, 15) is 9.90 Å². The molecule has 1 spiro atoms. The zero-order valence-electron chi connectivity index (χ0n) is 18.8. The summed E-state index contributed by atoms with van der Waals surface area (Å²) in [5.41, 5.74) is 3.21. The van der Waals surface area contributed by atoms with Crippen molar-refractivity contribution in [3.05, 3.63) is 23.3 Å². The Balaban J connectivity index is 1.47. The first-order valence-electron chi connectivity index (χ1n) is 12.1. The second kappa shape index (κ2) is 8.61. The van der Waals surface area contributed by atoms with E-state index in [4.69, 9.17) is 0 Å². The lowest BCUT2D eigenvalue weighted by molar-refractivity contribution is 0.115. The third-order valence-electron chi connectivity index (χ3n) is 8.56. The number of carbonyl (C=O) groups excluding carboxylic acids is 1. The van der Waals surface area contributed by atoms with Gasteiger partial charge in [0, 0.05) is 29.6 Å². The summed E-state index contributed by atoms with van der Waals surface area (Å²) >= 11 is 4.05. The summed E-state index contributed by atoms with van der Waals surface area (Å²) in [4.78, 5) is 15.2. The van der Waals surface area contributed by atoms with Crippen molar-refractivity contribution in [3.8, 4) is 0 Å². The molecule has 0 aromatic rings. The molecule has 5 heteroatoms. The number of piperidine rings is 1. The van der Waals surface area contributed by atoms with Crippen LogP contribution in [0.2, 0.25) is 0 Å². The third kappa shape index (κ3) is 4.01. The number of likely N-dealkylation sites (tertiary alicyclic amines) is 1. The Hall–Kier alpha value is -0.810. The summed E-state index contributed by atoms with van der Waals surface area (Å²) < 4.78 is 0.0000837. The molecule has 168 valence electrons. The van der Waals surface area contributed by atoms with Crippen LogP contribution in [0.1, 0.15) is 84.5 Å². The smallest absolute Gasteiger partial charge is 0.317 e. The molecule has 0 bridgehead atoms. The fourth-order valence-corrected chi connectivity index (χ4v) is 7.72. The lowest BCUT2D eigenvalue weighted by Crippen LogP contribution is -2.56. The SMILES string of the molecule is CCC1(NC(=O)N2CCC3(CC2)CC(CCO)C2=C3C(C)(Br)CC=C2)CCCCC1. The number of hydrogen-bond acceptors (Lipinski definition) is 2. The van der Waals surface area contributed by atoms with Gasteiger partial charge in [0.15, 0.2) is 0 Å². The fourth-order valence-electron chi connectivity index (χ4n) is 6.88. The number of rotatable bonds is 4. The number of nitrogens with one attached hydrogen (secondary N) is 1. The van der Waals surface area contributed by atoms with Crippen LogP contribution in [0.4, 0.5) is 4.79 Å². The quantitative estimate of drug-likeness (QED) is 0.508. The zero-order valence-corrected chi connectivity index (χ0v) is 20.4. The highest BCUT2D eigenvalue weighted by atomic mass is 79.9. The minimum atomic E-state index is 0.0000837. The molecule has 2 N–H and O–H groups in total. The van der Waals surface area contributed by atoms with Crippen molar-refractivity contribution >= 4 is 22.0 Å². The van der Waals surface area contributed by atoms with Crippen LogP contribution in [-0.2, 0) is 0 Å². The highest BCUT2D eigenvalue weighted by Gasteiger charge is 2.52. The molecule has 30 heavy (non-hydrogen) atoms. The van der Waals surface area contributed by atoms with E-state index < -0.39 is 0 Å². The van der Waals surface area contributed by atoms with Crippen LogP contribution >= 0.6 is 15.9 Å².